The summed E-state index contributed by atoms with van der Waals surface area (Å²) in [5.41, 5.74) is 8.20. The van der Waals surface area contributed by atoms with E-state index < -0.39 is 12.0 Å². The Morgan fingerprint density at radius 2 is 1.79 bits per heavy atom. The SMILES string of the molecule is Cc1cc(C(=O)O)c(C)cc1OCC1CCC([C@H](N)C(=O)N(C)C2CCC2)CC1. The molecule has 160 valence electrons. The predicted octanol–water partition coefficient (Wildman–Crippen LogP) is 3.53. The highest BCUT2D eigenvalue weighted by Gasteiger charge is 2.34. The molecule has 3 rings (SSSR count). The highest BCUT2D eigenvalue weighted by Crippen LogP contribution is 2.33. The zero-order valence-corrected chi connectivity index (χ0v) is 17.8. The van der Waals surface area contributed by atoms with Gasteiger partial charge < -0.3 is 20.5 Å². The fourth-order valence-corrected chi connectivity index (χ4v) is 4.49. The largest absolute Gasteiger partial charge is 0.493 e. The second kappa shape index (κ2) is 9.16. The van der Waals surface area contributed by atoms with E-state index in [4.69, 9.17) is 10.5 Å². The van der Waals surface area contributed by atoms with E-state index in [1.807, 2.05) is 24.9 Å². The van der Waals surface area contributed by atoms with Crippen molar-refractivity contribution in [2.45, 2.75) is 70.9 Å². The second-order valence-corrected chi connectivity index (χ2v) is 8.89. The number of carboxylic acids is 1. The number of nitrogens with two attached hydrogens (primary N) is 1. The van der Waals surface area contributed by atoms with E-state index in [0.29, 0.717) is 29.7 Å². The summed E-state index contributed by atoms with van der Waals surface area (Å²) < 4.78 is 6.03. The molecular formula is C23H34N2O4. The van der Waals surface area contributed by atoms with Crippen LogP contribution in [0.1, 0.15) is 66.4 Å². The van der Waals surface area contributed by atoms with Crippen molar-refractivity contribution in [2.75, 3.05) is 13.7 Å². The topological polar surface area (TPSA) is 92.9 Å². The third-order valence-corrected chi connectivity index (χ3v) is 6.88. The molecule has 0 aliphatic heterocycles. The molecule has 1 amide bonds. The van der Waals surface area contributed by atoms with E-state index in [9.17, 15) is 14.7 Å². The summed E-state index contributed by atoms with van der Waals surface area (Å²) >= 11 is 0. The lowest BCUT2D eigenvalue weighted by molar-refractivity contribution is -0.136. The average molecular weight is 403 g/mol. The molecule has 0 bridgehead atoms. The third kappa shape index (κ3) is 4.92. The first-order chi connectivity index (χ1) is 13.8. The van der Waals surface area contributed by atoms with Gasteiger partial charge in [-0.05, 0) is 93.9 Å². The van der Waals surface area contributed by atoms with Gasteiger partial charge in [-0.25, -0.2) is 4.79 Å². The molecule has 1 atom stereocenters. The van der Waals surface area contributed by atoms with Crippen molar-refractivity contribution in [3.05, 3.63) is 28.8 Å². The van der Waals surface area contributed by atoms with Gasteiger partial charge in [0.25, 0.3) is 0 Å². The Bertz CT molecular complexity index is 751. The van der Waals surface area contributed by atoms with Crippen LogP contribution >= 0.6 is 0 Å². The van der Waals surface area contributed by atoms with Crippen LogP contribution in [0.15, 0.2) is 12.1 Å². The summed E-state index contributed by atoms with van der Waals surface area (Å²) in [6.45, 7) is 4.28. The number of benzene rings is 1. The Kier molecular flexibility index (Phi) is 6.83. The number of carbonyl (C=O) groups is 2. The summed E-state index contributed by atoms with van der Waals surface area (Å²) in [6, 6.07) is 3.48. The molecule has 1 aromatic rings. The molecule has 0 unspecified atom stereocenters. The number of likely N-dealkylation sites (N-methyl/N-ethyl adjacent to an activating group) is 1. The number of carboxylic acid groups (broad SMARTS) is 1. The van der Waals surface area contributed by atoms with Gasteiger partial charge in [0.2, 0.25) is 5.91 Å². The molecule has 1 aromatic carbocycles. The molecule has 0 radical (unpaired) electrons. The summed E-state index contributed by atoms with van der Waals surface area (Å²) in [5.74, 6) is 0.629. The molecule has 29 heavy (non-hydrogen) atoms. The zero-order valence-electron chi connectivity index (χ0n) is 17.8. The highest BCUT2D eigenvalue weighted by molar-refractivity contribution is 5.89. The molecule has 0 aromatic heterocycles. The molecule has 6 heteroatoms. The van der Waals surface area contributed by atoms with Crippen molar-refractivity contribution in [3.8, 4) is 5.75 Å². The summed E-state index contributed by atoms with van der Waals surface area (Å²) in [7, 11) is 1.89. The molecule has 6 nitrogen and oxygen atoms in total. The van der Waals surface area contributed by atoms with Crippen molar-refractivity contribution >= 4 is 11.9 Å². The second-order valence-electron chi connectivity index (χ2n) is 8.89. The number of aromatic carboxylic acids is 1. The molecule has 2 aliphatic carbocycles. The van der Waals surface area contributed by atoms with Crippen LogP contribution in [0.25, 0.3) is 0 Å². The van der Waals surface area contributed by atoms with Crippen LogP contribution < -0.4 is 10.5 Å². The fraction of sp³-hybridized carbons (Fsp3) is 0.652. The van der Waals surface area contributed by atoms with E-state index in [1.54, 1.807) is 13.0 Å². The van der Waals surface area contributed by atoms with Gasteiger partial charge in [-0.2, -0.15) is 0 Å². The van der Waals surface area contributed by atoms with Gasteiger partial charge >= 0.3 is 5.97 Å². The Hall–Kier alpha value is -2.08. The van der Waals surface area contributed by atoms with Crippen LogP contribution in [0.5, 0.6) is 5.75 Å². The number of hydrogen-bond donors (Lipinski definition) is 2. The minimum absolute atomic E-state index is 0.0963. The van der Waals surface area contributed by atoms with Crippen molar-refractivity contribution in [3.63, 3.8) is 0 Å². The summed E-state index contributed by atoms with van der Waals surface area (Å²) in [4.78, 5) is 25.8. The van der Waals surface area contributed by atoms with E-state index in [1.165, 1.54) is 6.42 Å². The minimum atomic E-state index is -0.913. The molecule has 2 aliphatic rings. The fourth-order valence-electron chi connectivity index (χ4n) is 4.49. The molecular weight excluding hydrogens is 368 g/mol. The first kappa shape index (κ1) is 21.6. The van der Waals surface area contributed by atoms with Gasteiger partial charge in [0.1, 0.15) is 5.75 Å². The van der Waals surface area contributed by atoms with Gasteiger partial charge in [-0.1, -0.05) is 0 Å². The van der Waals surface area contributed by atoms with Gasteiger partial charge in [-0.15, -0.1) is 0 Å². The predicted molar refractivity (Wildman–Crippen MR) is 112 cm³/mol. The van der Waals surface area contributed by atoms with Crippen LogP contribution in [0, 0.1) is 25.7 Å². The van der Waals surface area contributed by atoms with Gasteiger partial charge in [0.05, 0.1) is 18.2 Å². The number of nitrogens with zero attached hydrogens (tertiary/aromatic N) is 1. The van der Waals surface area contributed by atoms with E-state index in [2.05, 4.69) is 0 Å². The lowest BCUT2D eigenvalue weighted by atomic mass is 9.78. The Morgan fingerprint density at radius 3 is 2.34 bits per heavy atom. The van der Waals surface area contributed by atoms with Gasteiger partial charge in [-0.3, -0.25) is 4.79 Å². The monoisotopic (exact) mass is 402 g/mol. The van der Waals surface area contributed by atoms with Gasteiger partial charge in [0, 0.05) is 13.1 Å². The van der Waals surface area contributed by atoms with Crippen molar-refractivity contribution in [1.82, 2.24) is 4.90 Å². The maximum absolute atomic E-state index is 12.6. The molecule has 2 fully saturated rings. The van der Waals surface area contributed by atoms with Crippen LogP contribution in [-0.2, 0) is 4.79 Å². The number of amides is 1. The molecule has 0 saturated heterocycles. The Morgan fingerprint density at radius 1 is 1.14 bits per heavy atom. The normalized spacial score (nSPS) is 23.2. The quantitative estimate of drug-likeness (QED) is 0.728. The molecule has 3 N–H and O–H groups in total. The molecule has 0 heterocycles. The summed E-state index contributed by atoms with van der Waals surface area (Å²) in [6.07, 6.45) is 7.33. The van der Waals surface area contributed by atoms with E-state index in [0.717, 1.165) is 49.8 Å². The maximum atomic E-state index is 12.6. The lowest BCUT2D eigenvalue weighted by Crippen LogP contribution is -2.52. The number of ether oxygens (including phenoxy) is 1. The van der Waals surface area contributed by atoms with E-state index in [-0.39, 0.29) is 11.8 Å². The van der Waals surface area contributed by atoms with Gasteiger partial charge in [0.15, 0.2) is 0 Å². The number of hydrogen-bond acceptors (Lipinski definition) is 4. The van der Waals surface area contributed by atoms with Crippen molar-refractivity contribution < 1.29 is 19.4 Å². The Balaban J connectivity index is 1.48. The lowest BCUT2D eigenvalue weighted by Gasteiger charge is -2.38. The standard InChI is InChI=1S/C23H34N2O4/c1-14-12-20(15(2)11-19(14)23(27)28)29-13-16-7-9-17(10-8-16)21(24)22(26)25(3)18-5-4-6-18/h11-12,16-18,21H,4-10,13,24H2,1-3H3,(H,27,28)/t16?,17?,21-/m0/s1. The summed E-state index contributed by atoms with van der Waals surface area (Å²) in [5, 5.41) is 9.23. The van der Waals surface area contributed by atoms with E-state index >= 15 is 0 Å². The van der Waals surface area contributed by atoms with Crippen molar-refractivity contribution in [2.24, 2.45) is 17.6 Å². The molecule has 2 saturated carbocycles. The highest BCUT2D eigenvalue weighted by atomic mass is 16.5. The minimum Gasteiger partial charge on any atom is -0.493 e. The van der Waals surface area contributed by atoms with Crippen LogP contribution in [0.4, 0.5) is 0 Å². The number of carbonyl (C=O) groups excluding carboxylic acids is 1. The first-order valence-electron chi connectivity index (χ1n) is 10.8. The number of rotatable bonds is 7. The molecule has 0 spiro atoms. The van der Waals surface area contributed by atoms with Crippen molar-refractivity contribution in [1.29, 1.82) is 0 Å². The van der Waals surface area contributed by atoms with Crippen LogP contribution in [0.2, 0.25) is 0 Å². The number of aryl methyl sites for hydroxylation is 2. The zero-order chi connectivity index (χ0) is 21.1. The van der Waals surface area contributed by atoms with Crippen LogP contribution in [-0.4, -0.2) is 47.6 Å². The first-order valence-corrected chi connectivity index (χ1v) is 10.8. The maximum Gasteiger partial charge on any atom is 0.335 e. The third-order valence-electron chi connectivity index (χ3n) is 6.88. The van der Waals surface area contributed by atoms with Crippen LogP contribution in [0.3, 0.4) is 0 Å². The smallest absolute Gasteiger partial charge is 0.335 e. The average Bonchev–Trinajstić information content (AvgIpc) is 2.66. The Labute approximate surface area is 173 Å².